The first-order chi connectivity index (χ1) is 18.2. The van der Waals surface area contributed by atoms with Gasteiger partial charge in [-0.1, -0.05) is 18.2 Å². The summed E-state index contributed by atoms with van der Waals surface area (Å²) < 4.78 is 16.6. The second kappa shape index (κ2) is 9.73. The molecule has 184 valence electrons. The van der Waals surface area contributed by atoms with Gasteiger partial charge in [0.25, 0.3) is 0 Å². The van der Waals surface area contributed by atoms with E-state index in [1.54, 1.807) is 59.9 Å². The molecule has 0 saturated heterocycles. The van der Waals surface area contributed by atoms with Crippen molar-refractivity contribution >= 4 is 28.6 Å². The molecule has 1 aliphatic heterocycles. The minimum absolute atomic E-state index is 0.00484. The number of ether oxygens (including phenoxy) is 1. The van der Waals surface area contributed by atoms with Crippen LogP contribution < -0.4 is 4.90 Å². The SMILES string of the molecule is O=C(OCCC(=O)N1CCCc2ccccc21)c1ccc2nc(-c3ccco3)c(-c3ccco3)nc2c1. The molecule has 0 fully saturated rings. The molecule has 0 aliphatic carbocycles. The van der Waals surface area contributed by atoms with Gasteiger partial charge in [-0.3, -0.25) is 4.79 Å². The zero-order valence-corrected chi connectivity index (χ0v) is 19.9. The molecule has 1 aliphatic rings. The number of rotatable bonds is 6. The van der Waals surface area contributed by atoms with Crippen LogP contribution in [0.4, 0.5) is 5.69 Å². The third-order valence-corrected chi connectivity index (χ3v) is 6.37. The molecule has 0 spiro atoms. The largest absolute Gasteiger partial charge is 0.463 e. The molecule has 6 rings (SSSR count). The first-order valence-electron chi connectivity index (χ1n) is 12.1. The van der Waals surface area contributed by atoms with Crippen LogP contribution in [0.15, 0.2) is 88.1 Å². The first-order valence-corrected chi connectivity index (χ1v) is 12.1. The Labute approximate surface area is 212 Å². The van der Waals surface area contributed by atoms with Crippen LogP contribution >= 0.6 is 0 Å². The monoisotopic (exact) mass is 493 g/mol. The summed E-state index contributed by atoms with van der Waals surface area (Å²) in [6.45, 7) is 0.667. The molecule has 0 atom stereocenters. The van der Waals surface area contributed by atoms with Crippen molar-refractivity contribution in [1.29, 1.82) is 0 Å². The van der Waals surface area contributed by atoms with Crippen LogP contribution in [0.3, 0.4) is 0 Å². The number of furan rings is 2. The molecule has 0 radical (unpaired) electrons. The number of fused-ring (bicyclic) bond motifs is 2. The Morgan fingerprint density at radius 2 is 1.59 bits per heavy atom. The molecule has 3 aromatic heterocycles. The molecular weight excluding hydrogens is 470 g/mol. The third kappa shape index (κ3) is 4.49. The van der Waals surface area contributed by atoms with E-state index in [0.29, 0.717) is 46.0 Å². The normalized spacial score (nSPS) is 12.9. The lowest BCUT2D eigenvalue weighted by Crippen LogP contribution is -2.36. The summed E-state index contributed by atoms with van der Waals surface area (Å²) in [5.74, 6) is 0.514. The van der Waals surface area contributed by atoms with Gasteiger partial charge in [-0.05, 0) is 66.9 Å². The molecule has 0 saturated carbocycles. The van der Waals surface area contributed by atoms with Crippen LogP contribution in [0.2, 0.25) is 0 Å². The summed E-state index contributed by atoms with van der Waals surface area (Å²) in [7, 11) is 0. The summed E-state index contributed by atoms with van der Waals surface area (Å²) in [6.07, 6.45) is 5.13. The molecule has 4 heterocycles. The molecule has 5 aromatic rings. The lowest BCUT2D eigenvalue weighted by Gasteiger charge is -2.29. The topological polar surface area (TPSA) is 98.7 Å². The summed E-state index contributed by atoms with van der Waals surface area (Å²) in [6, 6.07) is 20.1. The zero-order valence-electron chi connectivity index (χ0n) is 19.9. The van der Waals surface area contributed by atoms with Crippen LogP contribution in [0.1, 0.15) is 28.8 Å². The van der Waals surface area contributed by atoms with Gasteiger partial charge in [0.05, 0.1) is 35.5 Å². The van der Waals surface area contributed by atoms with Gasteiger partial charge in [-0.2, -0.15) is 0 Å². The number of para-hydroxylation sites is 1. The number of esters is 1. The van der Waals surface area contributed by atoms with E-state index in [0.717, 1.165) is 18.5 Å². The fraction of sp³-hybridized carbons (Fsp3) is 0.172. The lowest BCUT2D eigenvalue weighted by atomic mass is 10.0. The highest BCUT2D eigenvalue weighted by Gasteiger charge is 2.23. The van der Waals surface area contributed by atoms with Crippen molar-refractivity contribution in [2.75, 3.05) is 18.1 Å². The maximum absolute atomic E-state index is 12.8. The van der Waals surface area contributed by atoms with Crippen LogP contribution in [-0.2, 0) is 16.0 Å². The number of carbonyl (C=O) groups excluding carboxylic acids is 2. The van der Waals surface area contributed by atoms with Gasteiger partial charge < -0.3 is 18.5 Å². The predicted octanol–water partition coefficient (Wildman–Crippen LogP) is 5.68. The van der Waals surface area contributed by atoms with Gasteiger partial charge in [-0.15, -0.1) is 0 Å². The second-order valence-corrected chi connectivity index (χ2v) is 8.74. The Hall–Kier alpha value is -4.72. The number of benzene rings is 2. The van der Waals surface area contributed by atoms with Crippen molar-refractivity contribution < 1.29 is 23.2 Å². The number of amides is 1. The molecule has 1 amide bonds. The molecule has 0 unspecified atom stereocenters. The highest BCUT2D eigenvalue weighted by Crippen LogP contribution is 2.32. The van der Waals surface area contributed by atoms with Crippen molar-refractivity contribution in [3.8, 4) is 22.9 Å². The Morgan fingerprint density at radius 3 is 2.32 bits per heavy atom. The molecule has 8 nitrogen and oxygen atoms in total. The molecule has 0 bridgehead atoms. The quantitative estimate of drug-likeness (QED) is 0.281. The summed E-state index contributed by atoms with van der Waals surface area (Å²) in [5.41, 5.74) is 4.59. The van der Waals surface area contributed by atoms with Crippen molar-refractivity contribution in [2.45, 2.75) is 19.3 Å². The van der Waals surface area contributed by atoms with Gasteiger partial charge in [-0.25, -0.2) is 14.8 Å². The Balaban J connectivity index is 1.19. The number of nitrogens with zero attached hydrogens (tertiary/aromatic N) is 3. The molecular formula is C29H23N3O5. The van der Waals surface area contributed by atoms with Crippen molar-refractivity contribution in [3.63, 3.8) is 0 Å². The van der Waals surface area contributed by atoms with Gasteiger partial charge in [0.1, 0.15) is 18.0 Å². The third-order valence-electron chi connectivity index (χ3n) is 6.37. The van der Waals surface area contributed by atoms with Crippen molar-refractivity contribution in [1.82, 2.24) is 9.97 Å². The summed E-state index contributed by atoms with van der Waals surface area (Å²) in [5, 5.41) is 0. The lowest BCUT2D eigenvalue weighted by molar-refractivity contribution is -0.119. The zero-order chi connectivity index (χ0) is 25.2. The Bertz CT molecular complexity index is 1570. The molecule has 2 aromatic carbocycles. The average Bonchev–Trinajstić information content (AvgIpc) is 3.67. The van der Waals surface area contributed by atoms with E-state index in [9.17, 15) is 9.59 Å². The molecule has 0 N–H and O–H groups in total. The van der Waals surface area contributed by atoms with E-state index in [1.165, 1.54) is 5.56 Å². The number of hydrogen-bond donors (Lipinski definition) is 0. The van der Waals surface area contributed by atoms with E-state index in [2.05, 4.69) is 0 Å². The van der Waals surface area contributed by atoms with Gasteiger partial charge in [0.15, 0.2) is 11.5 Å². The van der Waals surface area contributed by atoms with Crippen LogP contribution in [-0.4, -0.2) is 35.0 Å². The minimum Gasteiger partial charge on any atom is -0.463 e. The standard InChI is InChI=1S/C29H23N3O5/c33-26(32-14-3-7-19-6-1-2-8-23(19)32)13-17-37-29(34)20-11-12-21-22(18-20)31-28(25-10-5-16-36-25)27(30-21)24-9-4-15-35-24/h1-2,4-6,8-12,15-16,18H,3,7,13-14,17H2. The van der Waals surface area contributed by atoms with Gasteiger partial charge in [0, 0.05) is 12.2 Å². The van der Waals surface area contributed by atoms with Gasteiger partial charge >= 0.3 is 5.97 Å². The van der Waals surface area contributed by atoms with Crippen LogP contribution in [0.5, 0.6) is 0 Å². The van der Waals surface area contributed by atoms with Gasteiger partial charge in [0.2, 0.25) is 5.91 Å². The van der Waals surface area contributed by atoms with E-state index in [4.69, 9.17) is 23.5 Å². The number of aryl methyl sites for hydroxylation is 1. The fourth-order valence-electron chi connectivity index (χ4n) is 4.59. The number of aromatic nitrogens is 2. The maximum atomic E-state index is 12.8. The van der Waals surface area contributed by atoms with E-state index in [1.807, 2.05) is 24.3 Å². The van der Waals surface area contributed by atoms with Crippen LogP contribution in [0.25, 0.3) is 33.9 Å². The van der Waals surface area contributed by atoms with E-state index < -0.39 is 5.97 Å². The average molecular weight is 494 g/mol. The van der Waals surface area contributed by atoms with Crippen molar-refractivity contribution in [3.05, 3.63) is 90.4 Å². The highest BCUT2D eigenvalue weighted by molar-refractivity contribution is 5.96. The first kappa shape index (κ1) is 22.7. The minimum atomic E-state index is -0.523. The summed E-state index contributed by atoms with van der Waals surface area (Å²) >= 11 is 0. The predicted molar refractivity (Wildman–Crippen MR) is 137 cm³/mol. The molecule has 8 heteroatoms. The summed E-state index contributed by atoms with van der Waals surface area (Å²) in [4.78, 5) is 36.8. The molecule has 37 heavy (non-hydrogen) atoms. The smallest absolute Gasteiger partial charge is 0.338 e. The van der Waals surface area contributed by atoms with Crippen LogP contribution in [0, 0.1) is 0 Å². The second-order valence-electron chi connectivity index (χ2n) is 8.74. The Morgan fingerprint density at radius 1 is 0.865 bits per heavy atom. The number of carbonyl (C=O) groups is 2. The maximum Gasteiger partial charge on any atom is 0.338 e. The van der Waals surface area contributed by atoms with E-state index >= 15 is 0 Å². The van der Waals surface area contributed by atoms with Crippen molar-refractivity contribution in [2.24, 2.45) is 0 Å². The Kier molecular flexibility index (Phi) is 5.98. The van der Waals surface area contributed by atoms with E-state index in [-0.39, 0.29) is 18.9 Å². The highest BCUT2D eigenvalue weighted by atomic mass is 16.5. The number of hydrogen-bond acceptors (Lipinski definition) is 7. The number of anilines is 1. The fourth-order valence-corrected chi connectivity index (χ4v) is 4.59.